The zero-order chi connectivity index (χ0) is 30.5. The molecule has 8 heteroatoms. The molecular weight excluding hydrogens is 526 g/mol. The topological polar surface area (TPSA) is 86.8 Å². The van der Waals surface area contributed by atoms with Crippen molar-refractivity contribution in [3.05, 3.63) is 54.4 Å². The van der Waals surface area contributed by atoms with Gasteiger partial charge in [0.2, 0.25) is 5.91 Å². The van der Waals surface area contributed by atoms with Gasteiger partial charge in [-0.2, -0.15) is 0 Å². The number of carbonyl (C=O) groups is 2. The Kier molecular flexibility index (Phi) is 12.9. The number of hydrogen-bond donors (Lipinski definition) is 2. The van der Waals surface area contributed by atoms with Crippen molar-refractivity contribution < 1.29 is 14.3 Å². The molecule has 0 spiro atoms. The molecule has 232 valence electrons. The second kappa shape index (κ2) is 16.4. The highest BCUT2D eigenvalue weighted by Crippen LogP contribution is 2.23. The monoisotopic (exact) mass is 579 g/mol. The molecule has 8 nitrogen and oxygen atoms in total. The average Bonchev–Trinajstić information content (AvgIpc) is 3.24. The Balaban J connectivity index is 1.66. The van der Waals surface area contributed by atoms with Gasteiger partial charge in [-0.05, 0) is 93.3 Å². The third kappa shape index (κ3) is 11.5. The lowest BCUT2D eigenvalue weighted by atomic mass is 9.99. The molecule has 1 saturated heterocycles. The van der Waals surface area contributed by atoms with Crippen LogP contribution in [0.4, 0.5) is 10.5 Å². The third-order valence-electron chi connectivity index (χ3n) is 7.60. The number of likely N-dealkylation sites (tertiary alicyclic amines) is 1. The maximum Gasteiger partial charge on any atom is 0.318 e. The number of anilines is 1. The number of aromatic nitrogens is 1. The van der Waals surface area contributed by atoms with Crippen molar-refractivity contribution >= 4 is 17.6 Å². The maximum absolute atomic E-state index is 13.6. The number of nitrogens with zero attached hydrogens (tertiary/aromatic N) is 3. The smallest absolute Gasteiger partial charge is 0.318 e. The molecule has 1 fully saturated rings. The summed E-state index contributed by atoms with van der Waals surface area (Å²) in [6.07, 6.45) is 9.52. The predicted octanol–water partition coefficient (Wildman–Crippen LogP) is 6.41. The standard InChI is InChI=1S/C34H53N5O3/c1-26(2)17-22-39(29-11-13-30(14-12-29)42-24-28-15-18-35-19-16-28)25-34(5,6)37-32(40)31(23-27(3)4)36-33(41)38-20-9-7-8-10-21-38/h11-16,18-19,26-27,31H,7-10,17,20-25H2,1-6H3,(H,36,41)(H,37,40). The van der Waals surface area contributed by atoms with Crippen molar-refractivity contribution in [3.8, 4) is 5.75 Å². The summed E-state index contributed by atoms with van der Waals surface area (Å²) in [4.78, 5) is 35.0. The first kappa shape index (κ1) is 33.2. The van der Waals surface area contributed by atoms with E-state index in [1.165, 1.54) is 0 Å². The van der Waals surface area contributed by atoms with Gasteiger partial charge in [-0.25, -0.2) is 4.79 Å². The van der Waals surface area contributed by atoms with Crippen LogP contribution in [0.2, 0.25) is 0 Å². The molecule has 2 aromatic rings. The van der Waals surface area contributed by atoms with Gasteiger partial charge < -0.3 is 25.2 Å². The quantitative estimate of drug-likeness (QED) is 0.270. The van der Waals surface area contributed by atoms with Crippen molar-refractivity contribution in [1.82, 2.24) is 20.5 Å². The Morgan fingerprint density at radius 3 is 2.19 bits per heavy atom. The molecule has 1 aromatic heterocycles. The normalized spacial score (nSPS) is 14.8. The summed E-state index contributed by atoms with van der Waals surface area (Å²) in [6.45, 7) is 16.2. The first-order valence-corrected chi connectivity index (χ1v) is 15.8. The molecule has 42 heavy (non-hydrogen) atoms. The van der Waals surface area contributed by atoms with Gasteiger partial charge in [0.05, 0.1) is 5.54 Å². The number of carbonyl (C=O) groups excluding carboxylic acids is 2. The van der Waals surface area contributed by atoms with Crippen LogP contribution in [-0.4, -0.2) is 59.6 Å². The minimum atomic E-state index is -0.569. The van der Waals surface area contributed by atoms with E-state index in [9.17, 15) is 9.59 Å². The van der Waals surface area contributed by atoms with Crippen LogP contribution in [0.15, 0.2) is 48.8 Å². The Morgan fingerprint density at radius 1 is 0.952 bits per heavy atom. The van der Waals surface area contributed by atoms with Gasteiger partial charge in [-0.3, -0.25) is 9.78 Å². The first-order valence-electron chi connectivity index (χ1n) is 15.8. The number of nitrogens with one attached hydrogen (secondary N) is 2. The third-order valence-corrected chi connectivity index (χ3v) is 7.60. The van der Waals surface area contributed by atoms with E-state index in [4.69, 9.17) is 4.74 Å². The molecule has 0 aliphatic carbocycles. The van der Waals surface area contributed by atoms with E-state index in [1.807, 2.05) is 29.2 Å². The van der Waals surface area contributed by atoms with E-state index in [0.29, 0.717) is 25.5 Å². The van der Waals surface area contributed by atoms with Crippen LogP contribution in [0.3, 0.4) is 0 Å². The van der Waals surface area contributed by atoms with Gasteiger partial charge in [0.15, 0.2) is 0 Å². The number of ether oxygens (including phenoxy) is 1. The lowest BCUT2D eigenvalue weighted by molar-refractivity contribution is -0.124. The van der Waals surface area contributed by atoms with Gasteiger partial charge in [0.25, 0.3) is 0 Å². The molecule has 3 rings (SSSR count). The van der Waals surface area contributed by atoms with Crippen LogP contribution in [0.1, 0.15) is 85.6 Å². The van der Waals surface area contributed by atoms with Gasteiger partial charge in [0, 0.05) is 44.3 Å². The van der Waals surface area contributed by atoms with Crippen molar-refractivity contribution in [2.24, 2.45) is 11.8 Å². The predicted molar refractivity (Wildman–Crippen MR) is 171 cm³/mol. The molecule has 0 radical (unpaired) electrons. The summed E-state index contributed by atoms with van der Waals surface area (Å²) < 4.78 is 5.98. The second-order valence-corrected chi connectivity index (χ2v) is 13.1. The molecule has 0 bridgehead atoms. The second-order valence-electron chi connectivity index (χ2n) is 13.1. The average molecular weight is 580 g/mol. The van der Waals surface area contributed by atoms with Gasteiger partial charge >= 0.3 is 6.03 Å². The van der Waals surface area contributed by atoms with E-state index in [1.54, 1.807) is 12.4 Å². The summed E-state index contributed by atoms with van der Waals surface area (Å²) in [6, 6.07) is 11.4. The number of benzene rings is 1. The summed E-state index contributed by atoms with van der Waals surface area (Å²) >= 11 is 0. The molecule has 1 aliphatic heterocycles. The lowest BCUT2D eigenvalue weighted by Gasteiger charge is -2.36. The van der Waals surface area contributed by atoms with Crippen molar-refractivity contribution in [3.63, 3.8) is 0 Å². The zero-order valence-electron chi connectivity index (χ0n) is 26.7. The highest BCUT2D eigenvalue weighted by atomic mass is 16.5. The molecule has 1 aliphatic rings. The fourth-order valence-electron chi connectivity index (χ4n) is 5.27. The van der Waals surface area contributed by atoms with Crippen LogP contribution >= 0.6 is 0 Å². The number of hydrogen-bond acceptors (Lipinski definition) is 5. The minimum absolute atomic E-state index is 0.124. The highest BCUT2D eigenvalue weighted by molar-refractivity contribution is 5.87. The first-order chi connectivity index (χ1) is 20.0. The minimum Gasteiger partial charge on any atom is -0.489 e. The molecule has 1 aromatic carbocycles. The van der Waals surface area contributed by atoms with Crippen LogP contribution in [0.5, 0.6) is 5.75 Å². The van der Waals surface area contributed by atoms with Crippen LogP contribution in [0.25, 0.3) is 0 Å². The van der Waals surface area contributed by atoms with E-state index in [0.717, 1.165) is 68.7 Å². The number of pyridine rings is 1. The summed E-state index contributed by atoms with van der Waals surface area (Å²) in [5.74, 6) is 1.51. The zero-order valence-corrected chi connectivity index (χ0v) is 26.7. The Labute approximate surface area is 253 Å². The molecule has 1 unspecified atom stereocenters. The molecule has 0 saturated carbocycles. The molecular formula is C34H53N5O3. The lowest BCUT2D eigenvalue weighted by Crippen LogP contribution is -2.58. The van der Waals surface area contributed by atoms with Crippen LogP contribution in [0, 0.1) is 11.8 Å². The molecule has 2 heterocycles. The van der Waals surface area contributed by atoms with Crippen molar-refractivity contribution in [1.29, 1.82) is 0 Å². The fraction of sp³-hybridized carbons (Fsp3) is 0.618. The summed E-state index contributed by atoms with van der Waals surface area (Å²) in [5.41, 5.74) is 1.64. The van der Waals surface area contributed by atoms with E-state index < -0.39 is 11.6 Å². The van der Waals surface area contributed by atoms with Gasteiger partial charge in [0.1, 0.15) is 18.4 Å². The Morgan fingerprint density at radius 2 is 1.60 bits per heavy atom. The largest absolute Gasteiger partial charge is 0.489 e. The van der Waals surface area contributed by atoms with Crippen LogP contribution < -0.4 is 20.3 Å². The van der Waals surface area contributed by atoms with Crippen molar-refractivity contribution in [2.75, 3.05) is 31.1 Å². The number of urea groups is 1. The fourth-order valence-corrected chi connectivity index (χ4v) is 5.27. The molecule has 1 atom stereocenters. The van der Waals surface area contributed by atoms with Gasteiger partial charge in [-0.15, -0.1) is 0 Å². The molecule has 3 amide bonds. The summed E-state index contributed by atoms with van der Waals surface area (Å²) in [5, 5.41) is 6.34. The Hall–Kier alpha value is -3.29. The highest BCUT2D eigenvalue weighted by Gasteiger charge is 2.30. The number of rotatable bonds is 14. The van der Waals surface area contributed by atoms with Crippen LogP contribution in [-0.2, 0) is 11.4 Å². The van der Waals surface area contributed by atoms with Gasteiger partial charge in [-0.1, -0.05) is 40.5 Å². The van der Waals surface area contributed by atoms with E-state index in [2.05, 4.69) is 74.2 Å². The van der Waals surface area contributed by atoms with E-state index in [-0.39, 0.29) is 17.9 Å². The SMILES string of the molecule is CC(C)CCN(CC(C)(C)NC(=O)C(CC(C)C)NC(=O)N1CCCCCC1)c1ccc(OCc2ccncc2)cc1. The van der Waals surface area contributed by atoms with Crippen molar-refractivity contribution in [2.45, 2.75) is 98.3 Å². The van der Waals surface area contributed by atoms with E-state index >= 15 is 0 Å². The summed E-state index contributed by atoms with van der Waals surface area (Å²) in [7, 11) is 0. The Bertz CT molecular complexity index is 1080. The molecule has 2 N–H and O–H groups in total. The maximum atomic E-state index is 13.6. The number of amides is 3.